The van der Waals surface area contributed by atoms with Gasteiger partial charge in [-0.05, 0) is 13.1 Å². The molecule has 0 aromatic heterocycles. The highest BCUT2D eigenvalue weighted by Gasteiger charge is 2.15. The van der Waals surface area contributed by atoms with Crippen LogP contribution in [-0.2, 0) is 11.3 Å². The quantitative estimate of drug-likeness (QED) is 0.247. The van der Waals surface area contributed by atoms with Crippen LogP contribution in [0.5, 0.6) is 17.2 Å². The van der Waals surface area contributed by atoms with E-state index in [0.29, 0.717) is 5.56 Å². The molecule has 0 aliphatic rings. The Balaban J connectivity index is 2.54. The lowest BCUT2D eigenvalue weighted by molar-refractivity contribution is -0.125. The second-order valence-electron chi connectivity index (χ2n) is 3.81. The van der Waals surface area contributed by atoms with Gasteiger partial charge in [-0.1, -0.05) is 6.07 Å². The van der Waals surface area contributed by atoms with Crippen LogP contribution in [0.25, 0.3) is 0 Å². The number of likely N-dealkylation sites (N-methyl/N-ethyl adjacent to an activating group) is 1. The number of rotatable bonds is 6. The van der Waals surface area contributed by atoms with Crippen molar-refractivity contribution in [3.8, 4) is 17.2 Å². The summed E-state index contributed by atoms with van der Waals surface area (Å²) in [6.45, 7) is -0.317. The normalized spacial score (nSPS) is 12.1. The molecule has 0 saturated heterocycles. The first-order valence-electron chi connectivity index (χ1n) is 5.54. The fourth-order valence-electron chi connectivity index (χ4n) is 1.37. The number of benzene rings is 1. The van der Waals surface area contributed by atoms with Crippen LogP contribution in [0.4, 0.5) is 0 Å². The maximum Gasteiger partial charge on any atom is 0.253 e. The highest BCUT2D eigenvalue weighted by atomic mass is 16.3. The molecule has 8 heteroatoms. The molecule has 19 heavy (non-hydrogen) atoms. The number of phenolic OH excluding ortho intramolecular Hbond substituents is 3. The summed E-state index contributed by atoms with van der Waals surface area (Å²) in [5, 5.41) is 39.4. The van der Waals surface area contributed by atoms with Crippen molar-refractivity contribution in [3.05, 3.63) is 17.7 Å². The first-order valence-corrected chi connectivity index (χ1v) is 5.54. The third kappa shape index (κ3) is 3.71. The number of hydrogen-bond donors (Lipinski definition) is 7. The molecule has 1 aromatic rings. The topological polar surface area (TPSA) is 134 Å². The first kappa shape index (κ1) is 15.0. The first-order chi connectivity index (χ1) is 9.01. The van der Waals surface area contributed by atoms with Gasteiger partial charge in [0.2, 0.25) is 5.75 Å². The lowest BCUT2D eigenvalue weighted by Gasteiger charge is -2.14. The van der Waals surface area contributed by atoms with Gasteiger partial charge in [0.25, 0.3) is 5.91 Å². The predicted molar refractivity (Wildman–Crippen MR) is 66.4 cm³/mol. The van der Waals surface area contributed by atoms with Crippen LogP contribution in [0.1, 0.15) is 5.56 Å². The van der Waals surface area contributed by atoms with Gasteiger partial charge in [-0.15, -0.1) is 0 Å². The molecule has 8 nitrogen and oxygen atoms in total. The van der Waals surface area contributed by atoms with E-state index >= 15 is 0 Å². The minimum atomic E-state index is -0.741. The van der Waals surface area contributed by atoms with Gasteiger partial charge in [0, 0.05) is 12.1 Å². The lowest BCUT2D eigenvalue weighted by atomic mass is 10.2. The molecule has 7 N–H and O–H groups in total. The summed E-state index contributed by atoms with van der Waals surface area (Å²) < 4.78 is 0. The van der Waals surface area contributed by atoms with Crippen LogP contribution in [-0.4, -0.2) is 46.0 Å². The summed E-state index contributed by atoms with van der Waals surface area (Å²) in [5.74, 6) is -1.98. The molecule has 1 aromatic carbocycles. The molecule has 0 bridgehead atoms. The number of aromatic hydroxyl groups is 3. The standard InChI is InChI=1S/C11H17N3O5/c1-12-7(5-15)11(19)14-13-4-6-2-3-8(16)10(18)9(6)17/h2-3,7,12-13,15-18H,4-5H2,1H3,(H,14,19). The van der Waals surface area contributed by atoms with Crippen molar-refractivity contribution in [3.63, 3.8) is 0 Å². The van der Waals surface area contributed by atoms with Crippen molar-refractivity contribution < 1.29 is 25.2 Å². The Labute approximate surface area is 109 Å². The smallest absolute Gasteiger partial charge is 0.253 e. The Morgan fingerprint density at radius 1 is 1.26 bits per heavy atom. The second kappa shape index (κ2) is 6.78. The van der Waals surface area contributed by atoms with E-state index in [1.165, 1.54) is 19.2 Å². The Kier molecular flexibility index (Phi) is 5.37. The highest BCUT2D eigenvalue weighted by molar-refractivity contribution is 5.81. The molecular formula is C11H17N3O5. The summed E-state index contributed by atoms with van der Waals surface area (Å²) in [4.78, 5) is 11.5. The molecule has 1 atom stereocenters. The molecule has 0 aliphatic heterocycles. The minimum Gasteiger partial charge on any atom is -0.504 e. The van der Waals surface area contributed by atoms with Gasteiger partial charge in [-0.2, -0.15) is 0 Å². The minimum absolute atomic E-state index is 0.0350. The summed E-state index contributed by atoms with van der Waals surface area (Å²) in [6, 6.07) is 1.87. The number of aliphatic hydroxyl groups is 1. The molecule has 0 radical (unpaired) electrons. The van der Waals surface area contributed by atoms with Crippen LogP contribution < -0.4 is 16.2 Å². The molecule has 0 heterocycles. The molecule has 0 saturated carbocycles. The average Bonchev–Trinajstić information content (AvgIpc) is 2.40. The number of carbonyl (C=O) groups excluding carboxylic acids is 1. The number of nitrogens with one attached hydrogen (secondary N) is 3. The van der Waals surface area contributed by atoms with Crippen molar-refractivity contribution in [1.82, 2.24) is 16.2 Å². The number of aliphatic hydroxyl groups excluding tert-OH is 1. The molecule has 1 unspecified atom stereocenters. The molecule has 1 rings (SSSR count). The van der Waals surface area contributed by atoms with Crippen molar-refractivity contribution in [2.75, 3.05) is 13.7 Å². The fourth-order valence-corrected chi connectivity index (χ4v) is 1.37. The van der Waals surface area contributed by atoms with Crippen molar-refractivity contribution >= 4 is 5.91 Å². The molecule has 0 aliphatic carbocycles. The van der Waals surface area contributed by atoms with E-state index in [2.05, 4.69) is 16.2 Å². The van der Waals surface area contributed by atoms with E-state index in [1.54, 1.807) is 0 Å². The fraction of sp³-hybridized carbons (Fsp3) is 0.364. The number of hydrazine groups is 1. The molecule has 106 valence electrons. The van der Waals surface area contributed by atoms with E-state index < -0.39 is 29.2 Å². The SMILES string of the molecule is CNC(CO)C(=O)NNCc1ccc(O)c(O)c1O. The van der Waals surface area contributed by atoms with E-state index in [1.807, 2.05) is 0 Å². The van der Waals surface area contributed by atoms with E-state index in [4.69, 9.17) is 10.2 Å². The zero-order chi connectivity index (χ0) is 14.4. The Hall–Kier alpha value is -2.03. The predicted octanol–water partition coefficient (Wildman–Crippen LogP) is -1.50. The summed E-state index contributed by atoms with van der Waals surface area (Å²) in [6.07, 6.45) is 0. The Morgan fingerprint density at radius 2 is 1.95 bits per heavy atom. The number of carbonyl (C=O) groups is 1. The van der Waals surface area contributed by atoms with Crippen LogP contribution >= 0.6 is 0 Å². The molecule has 0 fully saturated rings. The zero-order valence-electron chi connectivity index (χ0n) is 10.3. The second-order valence-corrected chi connectivity index (χ2v) is 3.81. The van der Waals surface area contributed by atoms with Crippen LogP contribution in [0.2, 0.25) is 0 Å². The molecule has 1 amide bonds. The van der Waals surface area contributed by atoms with Gasteiger partial charge < -0.3 is 25.7 Å². The van der Waals surface area contributed by atoms with Crippen LogP contribution in [0.3, 0.4) is 0 Å². The maximum absolute atomic E-state index is 11.5. The van der Waals surface area contributed by atoms with E-state index in [-0.39, 0.29) is 13.2 Å². The van der Waals surface area contributed by atoms with Gasteiger partial charge >= 0.3 is 0 Å². The summed E-state index contributed by atoms with van der Waals surface area (Å²) >= 11 is 0. The van der Waals surface area contributed by atoms with Gasteiger partial charge in [-0.25, -0.2) is 5.43 Å². The Morgan fingerprint density at radius 3 is 2.53 bits per heavy atom. The number of amides is 1. The lowest BCUT2D eigenvalue weighted by Crippen LogP contribution is -2.49. The van der Waals surface area contributed by atoms with E-state index in [9.17, 15) is 15.0 Å². The monoisotopic (exact) mass is 271 g/mol. The summed E-state index contributed by atoms with van der Waals surface area (Å²) in [5.41, 5.74) is 5.15. The van der Waals surface area contributed by atoms with Gasteiger partial charge in [0.05, 0.1) is 6.61 Å². The molecule has 0 spiro atoms. The van der Waals surface area contributed by atoms with Gasteiger partial charge in [0.15, 0.2) is 11.5 Å². The van der Waals surface area contributed by atoms with Crippen LogP contribution in [0.15, 0.2) is 12.1 Å². The van der Waals surface area contributed by atoms with E-state index in [0.717, 1.165) is 0 Å². The van der Waals surface area contributed by atoms with Gasteiger partial charge in [0.1, 0.15) is 6.04 Å². The van der Waals surface area contributed by atoms with Gasteiger partial charge in [-0.3, -0.25) is 10.2 Å². The Bertz CT molecular complexity index is 448. The van der Waals surface area contributed by atoms with Crippen molar-refractivity contribution in [1.29, 1.82) is 0 Å². The third-order valence-electron chi connectivity index (χ3n) is 2.55. The van der Waals surface area contributed by atoms with Crippen molar-refractivity contribution in [2.24, 2.45) is 0 Å². The number of phenols is 3. The number of hydrogen-bond acceptors (Lipinski definition) is 7. The maximum atomic E-state index is 11.5. The largest absolute Gasteiger partial charge is 0.504 e. The third-order valence-corrected chi connectivity index (χ3v) is 2.55. The molecular weight excluding hydrogens is 254 g/mol. The average molecular weight is 271 g/mol. The van der Waals surface area contributed by atoms with Crippen LogP contribution in [0, 0.1) is 0 Å². The summed E-state index contributed by atoms with van der Waals surface area (Å²) in [7, 11) is 1.53. The van der Waals surface area contributed by atoms with Crippen molar-refractivity contribution in [2.45, 2.75) is 12.6 Å². The zero-order valence-corrected chi connectivity index (χ0v) is 10.3. The highest BCUT2D eigenvalue weighted by Crippen LogP contribution is 2.36.